The summed E-state index contributed by atoms with van der Waals surface area (Å²) in [5.41, 5.74) is 0. The molecule has 78 heavy (non-hydrogen) atoms. The summed E-state index contributed by atoms with van der Waals surface area (Å²) in [6.45, 7) is 4.90. The first kappa shape index (κ1) is 75.8. The summed E-state index contributed by atoms with van der Waals surface area (Å²) >= 11 is 0. The zero-order valence-electron chi connectivity index (χ0n) is 52.4. The largest absolute Gasteiger partial charge is 0.466 e. The molecule has 0 aliphatic carbocycles. The van der Waals surface area contributed by atoms with Gasteiger partial charge in [0.25, 0.3) is 0 Å². The smallest absolute Gasteiger partial charge is 0.305 e. The minimum atomic E-state index is -0.843. The summed E-state index contributed by atoms with van der Waals surface area (Å²) in [6, 6.07) is -0.627. The highest BCUT2D eigenvalue weighted by atomic mass is 16.5. The predicted octanol–water partition coefficient (Wildman–Crippen LogP) is 22.5. The Morgan fingerprint density at radius 3 is 0.987 bits per heavy atom. The molecule has 0 saturated carbocycles. The molecule has 0 aliphatic rings. The molecule has 0 aromatic heterocycles. The number of esters is 1. The lowest BCUT2D eigenvalue weighted by Gasteiger charge is -2.20. The number of hydrogen-bond donors (Lipinski definition) is 3. The molecule has 0 fully saturated rings. The third kappa shape index (κ3) is 63.0. The van der Waals surface area contributed by atoms with Crippen molar-refractivity contribution in [3.63, 3.8) is 0 Å². The predicted molar refractivity (Wildman–Crippen MR) is 342 cm³/mol. The van der Waals surface area contributed by atoms with Crippen molar-refractivity contribution < 1.29 is 24.5 Å². The van der Waals surface area contributed by atoms with E-state index in [-0.39, 0.29) is 18.5 Å². The van der Waals surface area contributed by atoms with Crippen LogP contribution in [0.1, 0.15) is 373 Å². The van der Waals surface area contributed by atoms with Gasteiger partial charge in [0, 0.05) is 12.8 Å². The highest BCUT2D eigenvalue weighted by Crippen LogP contribution is 2.18. The normalized spacial score (nSPS) is 12.8. The van der Waals surface area contributed by atoms with E-state index in [2.05, 4.69) is 55.6 Å². The van der Waals surface area contributed by atoms with Gasteiger partial charge in [-0.15, -0.1) is 0 Å². The first-order valence-electron chi connectivity index (χ1n) is 34.9. The fraction of sp³-hybridized carbons (Fsp3) is 0.861. The average Bonchev–Trinajstić information content (AvgIpc) is 3.44. The molecule has 0 rings (SSSR count). The Kier molecular flexibility index (Phi) is 65.4. The van der Waals surface area contributed by atoms with Crippen LogP contribution < -0.4 is 5.32 Å². The molecule has 6 nitrogen and oxygen atoms in total. The molecule has 6 heteroatoms. The van der Waals surface area contributed by atoms with Gasteiger partial charge in [-0.25, -0.2) is 0 Å². The molecule has 0 bridgehead atoms. The molecule has 0 spiro atoms. The monoisotopic (exact) mass is 1090 g/mol. The fourth-order valence-corrected chi connectivity index (χ4v) is 10.7. The molecular weight excluding hydrogens is 959 g/mol. The van der Waals surface area contributed by atoms with Crippen molar-refractivity contribution >= 4 is 11.9 Å². The van der Waals surface area contributed by atoms with Crippen LogP contribution in [0, 0.1) is 0 Å². The van der Waals surface area contributed by atoms with Crippen LogP contribution in [-0.4, -0.2) is 47.4 Å². The van der Waals surface area contributed by atoms with E-state index < -0.39 is 12.1 Å². The Morgan fingerprint density at radius 2 is 0.641 bits per heavy atom. The number of rotatable bonds is 65. The van der Waals surface area contributed by atoms with Gasteiger partial charge in [0.1, 0.15) is 0 Å². The van der Waals surface area contributed by atoms with Gasteiger partial charge in [0.2, 0.25) is 5.91 Å². The van der Waals surface area contributed by atoms with E-state index in [4.69, 9.17) is 4.74 Å². The van der Waals surface area contributed by atoms with Crippen molar-refractivity contribution in [3.8, 4) is 0 Å². The van der Waals surface area contributed by atoms with Gasteiger partial charge >= 0.3 is 5.97 Å². The maximum atomic E-state index is 12.4. The molecule has 1 amide bonds. The maximum absolute atomic E-state index is 12.4. The topological polar surface area (TPSA) is 95.9 Å². The lowest BCUT2D eigenvalue weighted by atomic mass is 10.0. The highest BCUT2D eigenvalue weighted by molar-refractivity contribution is 5.76. The van der Waals surface area contributed by atoms with Crippen molar-refractivity contribution in [2.75, 3.05) is 13.2 Å². The molecule has 0 radical (unpaired) electrons. The quantitative estimate of drug-likeness (QED) is 0.0320. The number of amides is 1. The molecule has 3 N–H and O–H groups in total. The molecule has 0 aliphatic heterocycles. The van der Waals surface area contributed by atoms with E-state index in [0.717, 1.165) is 51.4 Å². The van der Waals surface area contributed by atoms with Crippen LogP contribution in [0.2, 0.25) is 0 Å². The van der Waals surface area contributed by atoms with Crippen molar-refractivity contribution in [1.29, 1.82) is 0 Å². The van der Waals surface area contributed by atoms with Crippen molar-refractivity contribution in [1.82, 2.24) is 5.32 Å². The Labute approximate surface area is 486 Å². The van der Waals surface area contributed by atoms with Gasteiger partial charge < -0.3 is 20.3 Å². The van der Waals surface area contributed by atoms with Crippen LogP contribution in [0.25, 0.3) is 0 Å². The van der Waals surface area contributed by atoms with Gasteiger partial charge in [0.15, 0.2) is 0 Å². The standard InChI is InChI=1S/C72H135NO5/c1-3-5-7-9-11-13-15-16-17-18-32-36-39-42-46-50-54-58-62-66-72(77)78-67-63-59-55-51-47-43-40-37-34-31-29-27-25-23-21-19-20-22-24-26-28-30-33-35-38-41-45-49-53-57-61-65-71(76)73-69(68-74)70(75)64-60-56-52-48-44-14-12-10-8-6-4-2/h16-17,21,23,27,29,60,64,69-70,74-75H,3-15,18-20,22,24-26,28,30-59,61-63,65-68H2,1-2H3,(H,73,76)/b17-16-,23-21-,29-27-,64-60+. The molecule has 2 atom stereocenters. The summed E-state index contributed by atoms with van der Waals surface area (Å²) < 4.78 is 5.50. The minimum Gasteiger partial charge on any atom is -0.466 e. The number of allylic oxidation sites excluding steroid dienone is 7. The van der Waals surface area contributed by atoms with Gasteiger partial charge in [-0.1, -0.05) is 319 Å². The molecule has 2 unspecified atom stereocenters. The molecule has 0 aromatic rings. The van der Waals surface area contributed by atoms with Crippen LogP contribution in [0.4, 0.5) is 0 Å². The van der Waals surface area contributed by atoms with Gasteiger partial charge in [-0.3, -0.25) is 9.59 Å². The van der Waals surface area contributed by atoms with Crippen molar-refractivity contribution in [3.05, 3.63) is 48.6 Å². The molecule has 0 saturated heterocycles. The van der Waals surface area contributed by atoms with E-state index in [0.29, 0.717) is 19.4 Å². The molecule has 0 heterocycles. The zero-order valence-corrected chi connectivity index (χ0v) is 52.4. The van der Waals surface area contributed by atoms with Crippen molar-refractivity contribution in [2.24, 2.45) is 0 Å². The first-order chi connectivity index (χ1) is 38.5. The van der Waals surface area contributed by atoms with Crippen LogP contribution in [-0.2, 0) is 14.3 Å². The zero-order chi connectivity index (χ0) is 56.4. The summed E-state index contributed by atoms with van der Waals surface area (Å²) in [4.78, 5) is 24.5. The molecule has 0 aromatic carbocycles. The number of carbonyl (C=O) groups is 2. The summed E-state index contributed by atoms with van der Waals surface area (Å²) in [7, 11) is 0. The van der Waals surface area contributed by atoms with Crippen LogP contribution >= 0.6 is 0 Å². The number of aliphatic hydroxyl groups excluding tert-OH is 2. The number of carbonyl (C=O) groups excluding carboxylic acids is 2. The second-order valence-electron chi connectivity index (χ2n) is 23.9. The number of nitrogens with one attached hydrogen (secondary N) is 1. The van der Waals surface area contributed by atoms with Crippen LogP contribution in [0.5, 0.6) is 0 Å². The average molecular weight is 1090 g/mol. The third-order valence-corrected chi connectivity index (χ3v) is 16.1. The SMILES string of the molecule is CCCCCCCC/C=C\CCCCCCCCCCCC(=O)OCCCCCCCCCCC/C=C\C/C=C\CCCCCCCCCCCCCCCCCC(=O)NC(CO)C(O)/C=C/CCCCCCCCCCC. The van der Waals surface area contributed by atoms with Gasteiger partial charge in [0.05, 0.1) is 25.4 Å². The Morgan fingerprint density at radius 1 is 0.359 bits per heavy atom. The summed E-state index contributed by atoms with van der Waals surface area (Å²) in [6.07, 6.45) is 87.7. The Bertz CT molecular complexity index is 1310. The second-order valence-corrected chi connectivity index (χ2v) is 23.9. The number of aliphatic hydroxyl groups is 2. The fourth-order valence-electron chi connectivity index (χ4n) is 10.7. The molecular formula is C72H135NO5. The van der Waals surface area contributed by atoms with E-state index in [9.17, 15) is 19.8 Å². The molecule has 458 valence electrons. The lowest BCUT2D eigenvalue weighted by molar-refractivity contribution is -0.143. The van der Waals surface area contributed by atoms with Crippen LogP contribution in [0.15, 0.2) is 48.6 Å². The van der Waals surface area contributed by atoms with E-state index >= 15 is 0 Å². The third-order valence-electron chi connectivity index (χ3n) is 16.1. The summed E-state index contributed by atoms with van der Waals surface area (Å²) in [5, 5.41) is 23.0. The number of hydrogen-bond acceptors (Lipinski definition) is 5. The Hall–Kier alpha value is -2.18. The lowest BCUT2D eigenvalue weighted by Crippen LogP contribution is -2.45. The number of unbranched alkanes of at least 4 members (excludes halogenated alkanes) is 48. The number of ether oxygens (including phenoxy) is 1. The highest BCUT2D eigenvalue weighted by Gasteiger charge is 2.18. The first-order valence-corrected chi connectivity index (χ1v) is 34.9. The summed E-state index contributed by atoms with van der Waals surface area (Å²) in [5.74, 6) is -0.0554. The van der Waals surface area contributed by atoms with Crippen LogP contribution in [0.3, 0.4) is 0 Å². The van der Waals surface area contributed by atoms with Gasteiger partial charge in [-0.05, 0) is 89.9 Å². The maximum Gasteiger partial charge on any atom is 0.305 e. The minimum absolute atomic E-state index is 0.0125. The Balaban J connectivity index is 3.38. The van der Waals surface area contributed by atoms with Gasteiger partial charge in [-0.2, -0.15) is 0 Å². The van der Waals surface area contributed by atoms with E-state index in [1.165, 1.54) is 295 Å². The second kappa shape index (κ2) is 67.3. The van der Waals surface area contributed by atoms with E-state index in [1.807, 2.05) is 6.08 Å². The van der Waals surface area contributed by atoms with Crippen molar-refractivity contribution in [2.45, 2.75) is 386 Å². The van der Waals surface area contributed by atoms with E-state index in [1.54, 1.807) is 6.08 Å².